The molecular formula is C11H22O5Si. The number of ether oxygens (including phenoxy) is 2. The van der Waals surface area contributed by atoms with Crippen molar-refractivity contribution in [3.05, 3.63) is 12.2 Å². The summed E-state index contributed by atoms with van der Waals surface area (Å²) in [5.41, 5.74) is -0.192. The highest BCUT2D eigenvalue weighted by Gasteiger charge is 2.48. The van der Waals surface area contributed by atoms with Gasteiger partial charge in [0.15, 0.2) is 0 Å². The van der Waals surface area contributed by atoms with Crippen LogP contribution in [0.1, 0.15) is 13.3 Å². The summed E-state index contributed by atoms with van der Waals surface area (Å²) in [6.07, 6.45) is 4.94. The molecule has 0 aromatic heterocycles. The Hall–Kier alpha value is -0.243. The molecule has 100 valence electrons. The molecule has 0 spiro atoms. The van der Waals surface area contributed by atoms with Crippen LogP contribution in [0, 0.1) is 0 Å². The van der Waals surface area contributed by atoms with Gasteiger partial charge < -0.3 is 22.8 Å². The van der Waals surface area contributed by atoms with Gasteiger partial charge in [-0.25, -0.2) is 0 Å². The van der Waals surface area contributed by atoms with Crippen LogP contribution in [0.25, 0.3) is 0 Å². The average molecular weight is 262 g/mol. The Kier molecular flexibility index (Phi) is 6.32. The van der Waals surface area contributed by atoms with E-state index < -0.39 is 8.80 Å². The fraction of sp³-hybridized carbons (Fsp3) is 0.818. The molecular weight excluding hydrogens is 240 g/mol. The van der Waals surface area contributed by atoms with Gasteiger partial charge in [0, 0.05) is 21.3 Å². The molecule has 0 N–H and O–H groups in total. The van der Waals surface area contributed by atoms with E-state index in [1.54, 1.807) is 21.3 Å². The van der Waals surface area contributed by atoms with Crippen LogP contribution in [-0.2, 0) is 22.8 Å². The van der Waals surface area contributed by atoms with E-state index >= 15 is 0 Å². The molecule has 0 saturated carbocycles. The minimum absolute atomic E-state index is 0.192. The van der Waals surface area contributed by atoms with Crippen molar-refractivity contribution in [3.8, 4) is 0 Å². The van der Waals surface area contributed by atoms with Crippen LogP contribution >= 0.6 is 0 Å². The fourth-order valence-electron chi connectivity index (χ4n) is 1.61. The third kappa shape index (κ3) is 4.17. The van der Waals surface area contributed by atoms with Crippen molar-refractivity contribution in [2.24, 2.45) is 0 Å². The lowest BCUT2D eigenvalue weighted by molar-refractivity contribution is 0.00929. The minimum atomic E-state index is -2.75. The van der Waals surface area contributed by atoms with Crippen molar-refractivity contribution in [1.29, 1.82) is 0 Å². The van der Waals surface area contributed by atoms with E-state index in [9.17, 15) is 0 Å². The number of rotatable bonds is 9. The van der Waals surface area contributed by atoms with Crippen molar-refractivity contribution in [2.75, 3.05) is 34.5 Å². The van der Waals surface area contributed by atoms with Gasteiger partial charge in [0.2, 0.25) is 0 Å². The summed E-state index contributed by atoms with van der Waals surface area (Å²) >= 11 is 0. The maximum atomic E-state index is 5.82. The predicted octanol–water partition coefficient (Wildman–Crippen LogP) is 1.15. The molecule has 0 radical (unpaired) electrons. The molecule has 1 heterocycles. The fourth-order valence-corrected chi connectivity index (χ4v) is 3.62. The van der Waals surface area contributed by atoms with Crippen LogP contribution in [0.15, 0.2) is 12.2 Å². The van der Waals surface area contributed by atoms with E-state index in [2.05, 4.69) is 0 Å². The third-order valence-electron chi connectivity index (χ3n) is 2.72. The normalized spacial score (nSPS) is 22.0. The summed E-state index contributed by atoms with van der Waals surface area (Å²) in [5.74, 6) is 0. The lowest BCUT2D eigenvalue weighted by atomic mass is 10.4. The van der Waals surface area contributed by atoms with Crippen molar-refractivity contribution in [2.45, 2.75) is 25.2 Å². The maximum Gasteiger partial charge on any atom is 0.530 e. The molecule has 1 aliphatic rings. The zero-order chi connectivity index (χ0) is 12.7. The molecule has 5 nitrogen and oxygen atoms in total. The van der Waals surface area contributed by atoms with Gasteiger partial charge >= 0.3 is 8.80 Å². The van der Waals surface area contributed by atoms with Crippen molar-refractivity contribution < 1.29 is 22.8 Å². The van der Waals surface area contributed by atoms with Gasteiger partial charge in [0.05, 0.1) is 13.2 Å². The lowest BCUT2D eigenvalue weighted by Gasteiger charge is -2.31. The summed E-state index contributed by atoms with van der Waals surface area (Å²) in [4.78, 5) is 0. The number of allylic oxidation sites excluding steroid dienone is 1. The van der Waals surface area contributed by atoms with Crippen LogP contribution < -0.4 is 0 Å². The summed E-state index contributed by atoms with van der Waals surface area (Å²) in [5, 5.41) is 0. The van der Waals surface area contributed by atoms with Gasteiger partial charge in [-0.2, -0.15) is 0 Å². The Morgan fingerprint density at radius 1 is 1.29 bits per heavy atom. The first-order valence-electron chi connectivity index (χ1n) is 5.72. The molecule has 0 bridgehead atoms. The van der Waals surface area contributed by atoms with Crippen LogP contribution in [0.5, 0.6) is 0 Å². The SMILES string of the molecule is CC=CCC(OCC1CO1)[Si](OC)(OC)OC. The van der Waals surface area contributed by atoms with Gasteiger partial charge in [-0.15, -0.1) is 0 Å². The van der Waals surface area contributed by atoms with Crippen LogP contribution in [0.4, 0.5) is 0 Å². The topological polar surface area (TPSA) is 49.5 Å². The van der Waals surface area contributed by atoms with E-state index in [4.69, 9.17) is 22.8 Å². The highest BCUT2D eigenvalue weighted by atomic mass is 28.4. The van der Waals surface area contributed by atoms with E-state index in [1.807, 2.05) is 19.1 Å². The molecule has 0 aromatic carbocycles. The monoisotopic (exact) mass is 262 g/mol. The highest BCUT2D eigenvalue weighted by Crippen LogP contribution is 2.21. The van der Waals surface area contributed by atoms with Gasteiger partial charge in [-0.1, -0.05) is 12.2 Å². The van der Waals surface area contributed by atoms with E-state index in [-0.39, 0.29) is 11.8 Å². The zero-order valence-electron chi connectivity index (χ0n) is 11.0. The van der Waals surface area contributed by atoms with Gasteiger partial charge in [-0.3, -0.25) is 0 Å². The van der Waals surface area contributed by atoms with Crippen molar-refractivity contribution in [1.82, 2.24) is 0 Å². The van der Waals surface area contributed by atoms with Crippen molar-refractivity contribution in [3.63, 3.8) is 0 Å². The third-order valence-corrected chi connectivity index (χ3v) is 5.62. The second-order valence-corrected chi connectivity index (χ2v) is 6.87. The molecule has 0 amide bonds. The maximum absolute atomic E-state index is 5.82. The summed E-state index contributed by atoms with van der Waals surface area (Å²) in [6, 6.07) is 0. The Labute approximate surface area is 104 Å². The summed E-state index contributed by atoms with van der Waals surface area (Å²) in [6.45, 7) is 3.31. The van der Waals surface area contributed by atoms with Crippen LogP contribution in [-0.4, -0.2) is 55.2 Å². The number of hydrogen-bond donors (Lipinski definition) is 0. The Balaban J connectivity index is 2.61. The second-order valence-electron chi connectivity index (χ2n) is 3.80. The van der Waals surface area contributed by atoms with Crippen molar-refractivity contribution >= 4 is 8.80 Å². The molecule has 17 heavy (non-hydrogen) atoms. The molecule has 1 saturated heterocycles. The van der Waals surface area contributed by atoms with Crippen LogP contribution in [0.2, 0.25) is 0 Å². The summed E-state index contributed by atoms with van der Waals surface area (Å²) < 4.78 is 27.3. The first kappa shape index (κ1) is 14.8. The molecule has 0 aromatic rings. The molecule has 0 aliphatic carbocycles. The highest BCUT2D eigenvalue weighted by molar-refractivity contribution is 6.62. The first-order valence-corrected chi connectivity index (χ1v) is 7.52. The van der Waals surface area contributed by atoms with E-state index in [0.29, 0.717) is 13.0 Å². The first-order chi connectivity index (χ1) is 8.22. The molecule has 1 rings (SSSR count). The largest absolute Gasteiger partial charge is 0.530 e. The van der Waals surface area contributed by atoms with E-state index in [0.717, 1.165) is 6.61 Å². The molecule has 1 aliphatic heterocycles. The zero-order valence-corrected chi connectivity index (χ0v) is 12.0. The Morgan fingerprint density at radius 2 is 1.88 bits per heavy atom. The Morgan fingerprint density at radius 3 is 2.29 bits per heavy atom. The van der Waals surface area contributed by atoms with Gasteiger partial charge in [0.1, 0.15) is 11.8 Å². The van der Waals surface area contributed by atoms with Crippen LogP contribution in [0.3, 0.4) is 0 Å². The number of hydrogen-bond acceptors (Lipinski definition) is 5. The Bertz CT molecular complexity index is 230. The predicted molar refractivity (Wildman–Crippen MR) is 65.7 cm³/mol. The second kappa shape index (κ2) is 7.25. The van der Waals surface area contributed by atoms with Gasteiger partial charge in [-0.05, 0) is 13.3 Å². The molecule has 1 fully saturated rings. The standard InChI is InChI=1S/C11H22O5Si/c1-5-6-7-11(16-9-10-8-15-10)17(12-2,13-3)14-4/h5-6,10-11H,7-9H2,1-4H3. The molecule has 6 heteroatoms. The van der Waals surface area contributed by atoms with Gasteiger partial charge in [0.25, 0.3) is 0 Å². The molecule has 2 atom stereocenters. The minimum Gasteiger partial charge on any atom is -0.375 e. The molecule has 2 unspecified atom stereocenters. The summed E-state index contributed by atoms with van der Waals surface area (Å²) in [7, 11) is 2.04. The smallest absolute Gasteiger partial charge is 0.375 e. The quantitative estimate of drug-likeness (QED) is 0.354. The number of epoxide rings is 1. The lowest BCUT2D eigenvalue weighted by Crippen LogP contribution is -2.55. The van der Waals surface area contributed by atoms with E-state index in [1.165, 1.54) is 0 Å². The average Bonchev–Trinajstić information content (AvgIpc) is 3.18.